The number of aliphatic hydroxyl groups is 1. The van der Waals surface area contributed by atoms with E-state index in [1.165, 1.54) is 6.07 Å². The van der Waals surface area contributed by atoms with E-state index in [0.717, 1.165) is 54.6 Å². The van der Waals surface area contributed by atoms with Crippen LogP contribution in [0.4, 0.5) is 10.2 Å². The van der Waals surface area contributed by atoms with Crippen LogP contribution < -0.4 is 4.90 Å². The summed E-state index contributed by atoms with van der Waals surface area (Å²) in [5, 5.41) is 10.2. The number of anilines is 1. The zero-order valence-electron chi connectivity index (χ0n) is 17.3. The Labute approximate surface area is 167 Å². The quantitative estimate of drug-likeness (QED) is 0.827. The largest absolute Gasteiger partial charge is 0.392 e. The van der Waals surface area contributed by atoms with Crippen molar-refractivity contribution in [1.82, 2.24) is 14.9 Å². The van der Waals surface area contributed by atoms with Crippen LogP contribution in [0.3, 0.4) is 0 Å². The molecular formula is C22H31FN4O. The van der Waals surface area contributed by atoms with Crippen LogP contribution in [-0.4, -0.2) is 58.8 Å². The number of rotatable bonds is 6. The molecule has 3 rings (SSSR count). The summed E-state index contributed by atoms with van der Waals surface area (Å²) < 4.78 is 13.6. The van der Waals surface area contributed by atoms with E-state index in [1.807, 2.05) is 33.8 Å². The summed E-state index contributed by atoms with van der Waals surface area (Å²) in [6.45, 7) is 12.2. The van der Waals surface area contributed by atoms with Gasteiger partial charge in [0.05, 0.1) is 6.10 Å². The Morgan fingerprint density at radius 1 is 1.11 bits per heavy atom. The van der Waals surface area contributed by atoms with Crippen molar-refractivity contribution in [2.45, 2.75) is 40.2 Å². The lowest BCUT2D eigenvalue weighted by molar-refractivity contribution is 0.0738. The highest BCUT2D eigenvalue weighted by atomic mass is 19.1. The molecule has 28 heavy (non-hydrogen) atoms. The molecule has 0 radical (unpaired) electrons. The number of β-amino-alcohol motifs (C(OH)–C–C–N with tert-alkyl or cyclic N) is 1. The van der Waals surface area contributed by atoms with Crippen LogP contribution in [0.2, 0.25) is 0 Å². The number of hydrogen-bond acceptors (Lipinski definition) is 5. The van der Waals surface area contributed by atoms with Crippen molar-refractivity contribution in [3.63, 3.8) is 0 Å². The van der Waals surface area contributed by atoms with Crippen LogP contribution in [0, 0.1) is 25.6 Å². The molecule has 0 aliphatic carbocycles. The molecule has 1 fully saturated rings. The van der Waals surface area contributed by atoms with Crippen LogP contribution in [0.25, 0.3) is 0 Å². The fourth-order valence-corrected chi connectivity index (χ4v) is 3.65. The maximum atomic E-state index is 13.6. The summed E-state index contributed by atoms with van der Waals surface area (Å²) in [5.74, 6) is 1.76. The van der Waals surface area contributed by atoms with E-state index in [1.54, 1.807) is 12.1 Å². The van der Waals surface area contributed by atoms with Gasteiger partial charge in [-0.2, -0.15) is 0 Å². The fraction of sp³-hybridized carbons (Fsp3) is 0.545. The Hall–Kier alpha value is -2.05. The van der Waals surface area contributed by atoms with Gasteiger partial charge in [-0.3, -0.25) is 4.90 Å². The molecule has 1 aromatic carbocycles. The second-order valence-electron chi connectivity index (χ2n) is 8.06. The van der Waals surface area contributed by atoms with Gasteiger partial charge in [-0.15, -0.1) is 0 Å². The SMILES string of the molecule is Cc1nc(C)c(Cc2cccc(F)c2)c(N2CCN(C[C@H](O)C(C)C)CC2)n1. The van der Waals surface area contributed by atoms with Gasteiger partial charge in [0, 0.05) is 50.4 Å². The minimum atomic E-state index is -0.293. The van der Waals surface area contributed by atoms with Gasteiger partial charge >= 0.3 is 0 Å². The number of nitrogens with zero attached hydrogens (tertiary/aromatic N) is 4. The number of aliphatic hydroxyl groups excluding tert-OH is 1. The lowest BCUT2D eigenvalue weighted by Gasteiger charge is -2.37. The lowest BCUT2D eigenvalue weighted by Crippen LogP contribution is -2.49. The molecular weight excluding hydrogens is 355 g/mol. The first-order valence-electron chi connectivity index (χ1n) is 10.1. The summed E-state index contributed by atoms with van der Waals surface area (Å²) in [7, 11) is 0. The summed E-state index contributed by atoms with van der Waals surface area (Å²) in [6.07, 6.45) is 0.324. The third-order valence-electron chi connectivity index (χ3n) is 5.46. The monoisotopic (exact) mass is 386 g/mol. The smallest absolute Gasteiger partial charge is 0.136 e. The number of piperazine rings is 1. The number of benzene rings is 1. The van der Waals surface area contributed by atoms with Gasteiger partial charge < -0.3 is 10.0 Å². The first-order chi connectivity index (χ1) is 13.3. The normalized spacial score (nSPS) is 16.6. The third-order valence-corrected chi connectivity index (χ3v) is 5.46. The van der Waals surface area contributed by atoms with E-state index in [9.17, 15) is 9.50 Å². The average Bonchev–Trinajstić information content (AvgIpc) is 2.64. The van der Waals surface area contributed by atoms with Gasteiger partial charge in [-0.05, 0) is 37.5 Å². The van der Waals surface area contributed by atoms with Crippen molar-refractivity contribution in [3.8, 4) is 0 Å². The van der Waals surface area contributed by atoms with Crippen molar-refractivity contribution in [3.05, 3.63) is 52.7 Å². The van der Waals surface area contributed by atoms with Gasteiger partial charge in [-0.25, -0.2) is 14.4 Å². The predicted molar refractivity (Wildman–Crippen MR) is 110 cm³/mol. The molecule has 1 saturated heterocycles. The molecule has 1 aliphatic rings. The Kier molecular flexibility index (Phi) is 6.62. The average molecular weight is 387 g/mol. The molecule has 1 N–H and O–H groups in total. The summed E-state index contributed by atoms with van der Waals surface area (Å²) in [5.41, 5.74) is 2.94. The van der Waals surface area contributed by atoms with Crippen molar-refractivity contribution in [2.24, 2.45) is 5.92 Å². The molecule has 152 valence electrons. The van der Waals surface area contributed by atoms with E-state index >= 15 is 0 Å². The summed E-state index contributed by atoms with van der Waals surface area (Å²) in [4.78, 5) is 13.9. The first-order valence-corrected chi connectivity index (χ1v) is 10.1. The zero-order chi connectivity index (χ0) is 20.3. The number of aromatic nitrogens is 2. The lowest BCUT2D eigenvalue weighted by atomic mass is 10.0. The van der Waals surface area contributed by atoms with Crippen molar-refractivity contribution in [1.29, 1.82) is 0 Å². The van der Waals surface area contributed by atoms with Crippen LogP contribution in [0.15, 0.2) is 24.3 Å². The molecule has 0 spiro atoms. The molecule has 0 saturated carbocycles. The van der Waals surface area contributed by atoms with Crippen LogP contribution in [0.1, 0.15) is 36.5 Å². The van der Waals surface area contributed by atoms with E-state index < -0.39 is 0 Å². The van der Waals surface area contributed by atoms with E-state index in [2.05, 4.69) is 14.8 Å². The van der Waals surface area contributed by atoms with E-state index in [0.29, 0.717) is 13.0 Å². The number of hydrogen-bond donors (Lipinski definition) is 1. The highest BCUT2D eigenvalue weighted by molar-refractivity contribution is 5.51. The molecule has 1 atom stereocenters. The van der Waals surface area contributed by atoms with Crippen LogP contribution >= 0.6 is 0 Å². The first kappa shape index (κ1) is 20.7. The van der Waals surface area contributed by atoms with Crippen molar-refractivity contribution < 1.29 is 9.50 Å². The summed E-state index contributed by atoms with van der Waals surface area (Å²) in [6, 6.07) is 6.73. The number of halogens is 1. The van der Waals surface area contributed by atoms with Crippen molar-refractivity contribution >= 4 is 5.82 Å². The summed E-state index contributed by atoms with van der Waals surface area (Å²) >= 11 is 0. The van der Waals surface area contributed by atoms with Gasteiger partial charge in [-0.1, -0.05) is 26.0 Å². The van der Waals surface area contributed by atoms with Crippen molar-refractivity contribution in [2.75, 3.05) is 37.6 Å². The molecule has 2 heterocycles. The topological polar surface area (TPSA) is 52.5 Å². The molecule has 1 aromatic heterocycles. The maximum Gasteiger partial charge on any atom is 0.136 e. The Morgan fingerprint density at radius 3 is 2.46 bits per heavy atom. The molecule has 5 nitrogen and oxygen atoms in total. The Morgan fingerprint density at radius 2 is 1.82 bits per heavy atom. The Bertz CT molecular complexity index is 803. The highest BCUT2D eigenvalue weighted by Gasteiger charge is 2.24. The van der Waals surface area contributed by atoms with Gasteiger partial charge in [0.2, 0.25) is 0 Å². The molecule has 1 aliphatic heterocycles. The molecule has 0 amide bonds. The fourth-order valence-electron chi connectivity index (χ4n) is 3.65. The van der Waals surface area contributed by atoms with E-state index in [4.69, 9.17) is 4.98 Å². The minimum Gasteiger partial charge on any atom is -0.392 e. The number of aryl methyl sites for hydroxylation is 2. The standard InChI is InChI=1S/C22H31FN4O/c1-15(2)21(28)14-26-8-10-27(11-9-26)22-20(16(3)24-17(4)25-22)13-18-6-5-7-19(23)12-18/h5-7,12,15,21,28H,8-11,13-14H2,1-4H3/t21-/m0/s1. The van der Waals surface area contributed by atoms with Gasteiger partial charge in [0.25, 0.3) is 0 Å². The molecule has 6 heteroatoms. The van der Waals surface area contributed by atoms with Gasteiger partial charge in [0.15, 0.2) is 0 Å². The molecule has 2 aromatic rings. The second kappa shape index (κ2) is 8.97. The van der Waals surface area contributed by atoms with Gasteiger partial charge in [0.1, 0.15) is 17.5 Å². The third kappa shape index (κ3) is 5.06. The van der Waals surface area contributed by atoms with Crippen LogP contribution in [0.5, 0.6) is 0 Å². The van der Waals surface area contributed by atoms with E-state index in [-0.39, 0.29) is 17.8 Å². The predicted octanol–water partition coefficient (Wildman–Crippen LogP) is 2.96. The highest BCUT2D eigenvalue weighted by Crippen LogP contribution is 2.25. The molecule has 0 bridgehead atoms. The zero-order valence-corrected chi connectivity index (χ0v) is 17.3. The van der Waals surface area contributed by atoms with Crippen LogP contribution in [-0.2, 0) is 6.42 Å². The molecule has 0 unspecified atom stereocenters. The Balaban J connectivity index is 1.77. The minimum absolute atomic E-state index is 0.220. The second-order valence-corrected chi connectivity index (χ2v) is 8.06. The maximum absolute atomic E-state index is 13.6.